The van der Waals surface area contributed by atoms with Gasteiger partial charge >= 0.3 is 0 Å². The van der Waals surface area contributed by atoms with Crippen LogP contribution in [0.2, 0.25) is 0 Å². The van der Waals surface area contributed by atoms with Crippen molar-refractivity contribution in [2.75, 3.05) is 6.61 Å². The molecule has 0 saturated heterocycles. The quantitative estimate of drug-likeness (QED) is 0.813. The molecule has 0 bridgehead atoms. The molecule has 2 nitrogen and oxygen atoms in total. The van der Waals surface area contributed by atoms with E-state index >= 15 is 0 Å². The molecule has 112 valence electrons. The van der Waals surface area contributed by atoms with E-state index in [-0.39, 0.29) is 18.5 Å². The molecule has 2 aromatic carbocycles. The van der Waals surface area contributed by atoms with Gasteiger partial charge in [-0.3, -0.25) is 0 Å². The van der Waals surface area contributed by atoms with Crippen LogP contribution < -0.4 is 5.32 Å². The van der Waals surface area contributed by atoms with Gasteiger partial charge in [-0.15, -0.1) is 0 Å². The van der Waals surface area contributed by atoms with E-state index < -0.39 is 0 Å². The lowest BCUT2D eigenvalue weighted by molar-refractivity contribution is 0.275. The summed E-state index contributed by atoms with van der Waals surface area (Å²) < 4.78 is 13.3. The zero-order valence-corrected chi connectivity index (χ0v) is 12.3. The zero-order valence-electron chi connectivity index (χ0n) is 12.3. The Balaban J connectivity index is 2.03. The van der Waals surface area contributed by atoms with E-state index in [4.69, 9.17) is 5.11 Å². The molecule has 0 aliphatic rings. The maximum absolute atomic E-state index is 13.3. The predicted molar refractivity (Wildman–Crippen MR) is 83.5 cm³/mol. The summed E-state index contributed by atoms with van der Waals surface area (Å²) in [5.74, 6) is -0.168. The Hall–Kier alpha value is -1.71. The molecule has 1 unspecified atom stereocenters. The van der Waals surface area contributed by atoms with Crippen molar-refractivity contribution in [3.63, 3.8) is 0 Å². The highest BCUT2D eigenvalue weighted by Gasteiger charge is 2.10. The van der Waals surface area contributed by atoms with Gasteiger partial charge in [0.15, 0.2) is 0 Å². The van der Waals surface area contributed by atoms with Crippen LogP contribution in [-0.2, 0) is 6.54 Å². The van der Waals surface area contributed by atoms with E-state index in [2.05, 4.69) is 17.4 Å². The van der Waals surface area contributed by atoms with Gasteiger partial charge in [0.1, 0.15) is 5.82 Å². The first-order valence-corrected chi connectivity index (χ1v) is 7.35. The van der Waals surface area contributed by atoms with Gasteiger partial charge in [0.25, 0.3) is 0 Å². The van der Waals surface area contributed by atoms with Crippen LogP contribution in [0.5, 0.6) is 0 Å². The second-order valence-corrected chi connectivity index (χ2v) is 5.29. The normalized spacial score (nSPS) is 12.3. The Morgan fingerprint density at radius 1 is 1.14 bits per heavy atom. The largest absolute Gasteiger partial charge is 0.396 e. The summed E-state index contributed by atoms with van der Waals surface area (Å²) in [7, 11) is 0. The van der Waals surface area contributed by atoms with E-state index in [9.17, 15) is 4.39 Å². The molecule has 0 spiro atoms. The highest BCUT2D eigenvalue weighted by Crippen LogP contribution is 2.19. The fraction of sp³-hybridized carbons (Fsp3) is 0.333. The first-order valence-electron chi connectivity index (χ1n) is 7.35. The topological polar surface area (TPSA) is 32.3 Å². The zero-order chi connectivity index (χ0) is 15.1. The summed E-state index contributed by atoms with van der Waals surface area (Å²) in [6.45, 7) is 2.66. The molecule has 21 heavy (non-hydrogen) atoms. The highest BCUT2D eigenvalue weighted by molar-refractivity contribution is 5.24. The molecule has 0 heterocycles. The molecule has 2 aromatic rings. The van der Waals surface area contributed by atoms with Gasteiger partial charge in [-0.25, -0.2) is 4.39 Å². The number of nitrogens with one attached hydrogen (secondary N) is 1. The molecule has 3 heteroatoms. The SMILES string of the molecule is Cc1cc(CNC(CCCO)c2ccccc2)ccc1F. The number of hydrogen-bond donors (Lipinski definition) is 2. The van der Waals surface area contributed by atoms with Crippen molar-refractivity contribution in [3.05, 3.63) is 71.0 Å². The average Bonchev–Trinajstić information content (AvgIpc) is 2.51. The van der Waals surface area contributed by atoms with Crippen molar-refractivity contribution in [2.45, 2.75) is 32.4 Å². The number of benzene rings is 2. The Bertz CT molecular complexity index is 556. The van der Waals surface area contributed by atoms with Crippen LogP contribution in [0.1, 0.15) is 35.6 Å². The summed E-state index contributed by atoms with van der Waals surface area (Å²) in [4.78, 5) is 0. The van der Waals surface area contributed by atoms with Crippen molar-refractivity contribution >= 4 is 0 Å². The minimum Gasteiger partial charge on any atom is -0.396 e. The molecule has 1 atom stereocenters. The maximum atomic E-state index is 13.3. The third-order valence-electron chi connectivity index (χ3n) is 3.63. The van der Waals surface area contributed by atoms with Crippen molar-refractivity contribution in [3.8, 4) is 0 Å². The van der Waals surface area contributed by atoms with E-state index in [1.807, 2.05) is 30.3 Å². The van der Waals surface area contributed by atoms with Gasteiger partial charge in [0.2, 0.25) is 0 Å². The summed E-state index contributed by atoms with van der Waals surface area (Å²) >= 11 is 0. The standard InChI is InChI=1S/C18H22FNO/c1-14-12-15(9-10-17(14)19)13-20-18(8-5-11-21)16-6-3-2-4-7-16/h2-4,6-7,9-10,12,18,20-21H,5,8,11,13H2,1H3. The third kappa shape index (κ3) is 4.66. The lowest BCUT2D eigenvalue weighted by Crippen LogP contribution is -2.21. The van der Waals surface area contributed by atoms with Crippen LogP contribution in [0.15, 0.2) is 48.5 Å². The first kappa shape index (κ1) is 15.7. The van der Waals surface area contributed by atoms with Crippen LogP contribution in [-0.4, -0.2) is 11.7 Å². The van der Waals surface area contributed by atoms with Crippen molar-refractivity contribution in [1.29, 1.82) is 0 Å². The van der Waals surface area contributed by atoms with Gasteiger partial charge in [0.05, 0.1) is 0 Å². The second kappa shape index (κ2) is 7.91. The van der Waals surface area contributed by atoms with Crippen molar-refractivity contribution < 1.29 is 9.50 Å². The van der Waals surface area contributed by atoms with Crippen LogP contribution in [0.25, 0.3) is 0 Å². The molecule has 2 N–H and O–H groups in total. The van der Waals surface area contributed by atoms with E-state index in [0.717, 1.165) is 18.4 Å². The Kier molecular flexibility index (Phi) is 5.90. The van der Waals surface area contributed by atoms with Crippen LogP contribution in [0.3, 0.4) is 0 Å². The van der Waals surface area contributed by atoms with Crippen molar-refractivity contribution in [1.82, 2.24) is 5.32 Å². The molecule has 0 aliphatic carbocycles. The van der Waals surface area contributed by atoms with Crippen molar-refractivity contribution in [2.24, 2.45) is 0 Å². The lowest BCUT2D eigenvalue weighted by atomic mass is 10.0. The van der Waals surface area contributed by atoms with Crippen LogP contribution >= 0.6 is 0 Å². The van der Waals surface area contributed by atoms with E-state index in [1.165, 1.54) is 11.6 Å². The molecular formula is C18H22FNO. The van der Waals surface area contributed by atoms with Gasteiger partial charge in [-0.2, -0.15) is 0 Å². The Morgan fingerprint density at radius 3 is 2.57 bits per heavy atom. The molecule has 2 rings (SSSR count). The summed E-state index contributed by atoms with van der Waals surface area (Å²) in [6.07, 6.45) is 1.63. The number of halogens is 1. The van der Waals surface area contributed by atoms with Crippen LogP contribution in [0.4, 0.5) is 4.39 Å². The molecular weight excluding hydrogens is 265 g/mol. The number of aliphatic hydroxyl groups is 1. The predicted octanol–water partition coefficient (Wildman–Crippen LogP) is 3.74. The minimum atomic E-state index is -0.168. The van der Waals surface area contributed by atoms with Gasteiger partial charge in [-0.05, 0) is 42.5 Å². The van der Waals surface area contributed by atoms with Gasteiger partial charge < -0.3 is 10.4 Å². The Labute approximate surface area is 125 Å². The molecule has 0 amide bonds. The fourth-order valence-corrected chi connectivity index (χ4v) is 2.43. The minimum absolute atomic E-state index is 0.168. The number of hydrogen-bond acceptors (Lipinski definition) is 2. The van der Waals surface area contributed by atoms with Gasteiger partial charge in [-0.1, -0.05) is 42.5 Å². The average molecular weight is 287 g/mol. The summed E-state index contributed by atoms with van der Waals surface area (Å²) in [6, 6.07) is 15.6. The summed E-state index contributed by atoms with van der Waals surface area (Å²) in [5, 5.41) is 12.5. The van der Waals surface area contributed by atoms with E-state index in [1.54, 1.807) is 6.92 Å². The molecule has 0 radical (unpaired) electrons. The van der Waals surface area contributed by atoms with Gasteiger partial charge in [0, 0.05) is 19.2 Å². The molecule has 0 aliphatic heterocycles. The number of aryl methyl sites for hydroxylation is 1. The fourth-order valence-electron chi connectivity index (χ4n) is 2.43. The third-order valence-corrected chi connectivity index (χ3v) is 3.63. The number of rotatable bonds is 7. The smallest absolute Gasteiger partial charge is 0.126 e. The summed E-state index contributed by atoms with van der Waals surface area (Å²) in [5.41, 5.74) is 2.95. The maximum Gasteiger partial charge on any atom is 0.126 e. The monoisotopic (exact) mass is 287 g/mol. The van der Waals surface area contributed by atoms with E-state index in [0.29, 0.717) is 12.1 Å². The molecule has 0 saturated carbocycles. The Morgan fingerprint density at radius 2 is 1.90 bits per heavy atom. The molecule has 0 fully saturated rings. The van der Waals surface area contributed by atoms with Crippen LogP contribution in [0, 0.1) is 12.7 Å². The first-order chi connectivity index (χ1) is 10.2. The number of aliphatic hydroxyl groups excluding tert-OH is 1. The highest BCUT2D eigenvalue weighted by atomic mass is 19.1. The molecule has 0 aromatic heterocycles. The lowest BCUT2D eigenvalue weighted by Gasteiger charge is -2.19. The second-order valence-electron chi connectivity index (χ2n) is 5.29.